The zero-order valence-corrected chi connectivity index (χ0v) is 23.0. The summed E-state index contributed by atoms with van der Waals surface area (Å²) >= 11 is 0. The van der Waals surface area contributed by atoms with Gasteiger partial charge in [-0.1, -0.05) is 54.6 Å². The summed E-state index contributed by atoms with van der Waals surface area (Å²) in [5.41, 5.74) is 1.94. The Morgan fingerprint density at radius 2 is 1.80 bits per heavy atom. The fraction of sp³-hybridized carbons (Fsp3) is 0.312. The number of halogens is 3. The molecule has 1 saturated heterocycles. The molecule has 41 heavy (non-hydrogen) atoms. The second-order valence-electron chi connectivity index (χ2n) is 10.4. The molecular formula is C32H33F3N4O2. The third-order valence-corrected chi connectivity index (χ3v) is 7.45. The molecule has 0 bridgehead atoms. The van der Waals surface area contributed by atoms with Crippen LogP contribution in [0, 0.1) is 0 Å². The van der Waals surface area contributed by atoms with Crippen LogP contribution in [0.3, 0.4) is 0 Å². The Balaban J connectivity index is 1.32. The van der Waals surface area contributed by atoms with Gasteiger partial charge in [0.25, 0.3) is 0 Å². The van der Waals surface area contributed by atoms with E-state index in [1.165, 1.54) is 12.1 Å². The number of ether oxygens (including phenoxy) is 1. The Morgan fingerprint density at radius 1 is 1.05 bits per heavy atom. The summed E-state index contributed by atoms with van der Waals surface area (Å²) in [6.45, 7) is 2.35. The Morgan fingerprint density at radius 3 is 2.56 bits per heavy atom. The largest absolute Gasteiger partial charge is 0.497 e. The van der Waals surface area contributed by atoms with E-state index in [0.717, 1.165) is 28.2 Å². The van der Waals surface area contributed by atoms with Crippen LogP contribution >= 0.6 is 0 Å². The number of rotatable bonds is 10. The van der Waals surface area contributed by atoms with Crippen molar-refractivity contribution in [1.29, 1.82) is 0 Å². The smallest absolute Gasteiger partial charge is 0.416 e. The van der Waals surface area contributed by atoms with E-state index in [1.807, 2.05) is 61.5 Å². The number of aromatic nitrogens is 1. The van der Waals surface area contributed by atoms with Gasteiger partial charge in [-0.3, -0.25) is 15.1 Å². The number of anilines is 1. The van der Waals surface area contributed by atoms with Crippen molar-refractivity contribution in [3.63, 3.8) is 0 Å². The molecule has 5 rings (SSSR count). The van der Waals surface area contributed by atoms with Gasteiger partial charge >= 0.3 is 6.18 Å². The summed E-state index contributed by atoms with van der Waals surface area (Å²) in [6, 6.07) is 22.0. The number of methoxy groups -OCH3 is 1. The Labute approximate surface area is 237 Å². The molecular weight excluding hydrogens is 529 g/mol. The van der Waals surface area contributed by atoms with Gasteiger partial charge in [-0.25, -0.2) is 0 Å². The minimum Gasteiger partial charge on any atom is -0.497 e. The van der Waals surface area contributed by atoms with E-state index in [1.54, 1.807) is 24.3 Å². The van der Waals surface area contributed by atoms with Gasteiger partial charge in [0, 0.05) is 35.8 Å². The molecule has 1 aromatic heterocycles. The van der Waals surface area contributed by atoms with Crippen LogP contribution in [-0.2, 0) is 17.4 Å². The van der Waals surface area contributed by atoms with Crippen molar-refractivity contribution in [3.05, 3.63) is 102 Å². The van der Waals surface area contributed by atoms with Crippen molar-refractivity contribution in [2.45, 2.75) is 50.6 Å². The molecule has 0 aliphatic carbocycles. The summed E-state index contributed by atoms with van der Waals surface area (Å²) < 4.78 is 47.3. The van der Waals surface area contributed by atoms with E-state index in [2.05, 4.69) is 15.6 Å². The van der Waals surface area contributed by atoms with Crippen LogP contribution in [-0.4, -0.2) is 41.5 Å². The van der Waals surface area contributed by atoms with Crippen molar-refractivity contribution in [2.75, 3.05) is 19.0 Å². The summed E-state index contributed by atoms with van der Waals surface area (Å²) in [7, 11) is 1.62. The van der Waals surface area contributed by atoms with Gasteiger partial charge in [-0.05, 0) is 49.9 Å². The lowest BCUT2D eigenvalue weighted by molar-refractivity contribution is -0.139. The minimum atomic E-state index is -4.53. The minimum absolute atomic E-state index is 0.0130. The molecule has 4 aromatic rings. The van der Waals surface area contributed by atoms with Crippen LogP contribution in [0.5, 0.6) is 5.75 Å². The maximum atomic E-state index is 13.9. The average Bonchev–Trinajstić information content (AvgIpc) is 3.27. The molecule has 1 aliphatic rings. The fourth-order valence-electron chi connectivity index (χ4n) is 5.46. The molecule has 0 radical (unpaired) electrons. The van der Waals surface area contributed by atoms with E-state index < -0.39 is 23.9 Å². The number of benzene rings is 3. The molecule has 3 aromatic carbocycles. The van der Waals surface area contributed by atoms with Crippen LogP contribution in [0.4, 0.5) is 18.9 Å². The Hall–Kier alpha value is -4.11. The van der Waals surface area contributed by atoms with Crippen molar-refractivity contribution < 1.29 is 22.7 Å². The zero-order chi connectivity index (χ0) is 29.0. The van der Waals surface area contributed by atoms with Gasteiger partial charge < -0.3 is 15.0 Å². The number of carbonyl (C=O) groups is 1. The molecule has 0 spiro atoms. The highest BCUT2D eigenvalue weighted by atomic mass is 19.4. The van der Waals surface area contributed by atoms with E-state index in [0.29, 0.717) is 31.6 Å². The van der Waals surface area contributed by atoms with Crippen molar-refractivity contribution in [1.82, 2.24) is 15.2 Å². The predicted octanol–water partition coefficient (Wildman–Crippen LogP) is 6.58. The maximum absolute atomic E-state index is 13.9. The average molecular weight is 563 g/mol. The molecule has 6 nitrogen and oxygen atoms in total. The van der Waals surface area contributed by atoms with Crippen LogP contribution in [0.1, 0.15) is 42.6 Å². The van der Waals surface area contributed by atoms with E-state index in [4.69, 9.17) is 4.74 Å². The van der Waals surface area contributed by atoms with Gasteiger partial charge in [0.15, 0.2) is 0 Å². The van der Waals surface area contributed by atoms with Gasteiger partial charge in [0.1, 0.15) is 11.9 Å². The molecule has 1 aliphatic heterocycles. The topological polar surface area (TPSA) is 66.5 Å². The van der Waals surface area contributed by atoms with Crippen LogP contribution in [0.2, 0.25) is 0 Å². The van der Waals surface area contributed by atoms with Gasteiger partial charge in [-0.15, -0.1) is 0 Å². The third kappa shape index (κ3) is 6.46. The number of nitrogens with zero attached hydrogens (tertiary/aromatic N) is 2. The molecule has 9 heteroatoms. The summed E-state index contributed by atoms with van der Waals surface area (Å²) in [4.78, 5) is 19.7. The van der Waals surface area contributed by atoms with Crippen LogP contribution in [0.15, 0.2) is 85.1 Å². The number of pyridine rings is 1. The molecule has 2 N–H and O–H groups in total. The number of alkyl halides is 3. The number of amides is 1. The number of hydrogen-bond acceptors (Lipinski definition) is 5. The highest BCUT2D eigenvalue weighted by Gasteiger charge is 2.43. The highest BCUT2D eigenvalue weighted by Crippen LogP contribution is 2.38. The SMILES string of the molecule is COc1cc(NC(C)CCCN2C(=O)[C@H](Cc3ccccc3)NC2c2ccccc2C(F)(F)F)c2ncccc2c1. The molecule has 2 unspecified atom stereocenters. The molecule has 0 saturated carbocycles. The first-order valence-corrected chi connectivity index (χ1v) is 13.7. The summed E-state index contributed by atoms with van der Waals surface area (Å²) in [5, 5.41) is 7.67. The first-order valence-electron chi connectivity index (χ1n) is 13.7. The molecule has 3 atom stereocenters. The number of fused-ring (bicyclic) bond motifs is 1. The standard InChI is InChI=1S/C32H33F3N4O2/c1-21(37-27-20-24(41-2)19-23-13-8-16-36-29(23)27)10-9-17-39-30(25-14-6-7-15-26(25)32(33,34)35)38-28(31(39)40)18-22-11-4-3-5-12-22/h3-8,11-16,19-21,28,30,37-38H,9-10,17-18H2,1-2H3/t21?,28-,30?/m0/s1. The maximum Gasteiger partial charge on any atom is 0.416 e. The zero-order valence-electron chi connectivity index (χ0n) is 23.0. The van der Waals surface area contributed by atoms with Crippen LogP contribution in [0.25, 0.3) is 10.9 Å². The van der Waals surface area contributed by atoms with Crippen molar-refractivity contribution >= 4 is 22.5 Å². The normalized spacial score (nSPS) is 18.1. The van der Waals surface area contributed by atoms with Gasteiger partial charge in [0.05, 0.1) is 29.9 Å². The molecule has 1 fully saturated rings. The molecule has 214 valence electrons. The monoisotopic (exact) mass is 562 g/mol. The number of hydrogen-bond donors (Lipinski definition) is 2. The highest BCUT2D eigenvalue weighted by molar-refractivity contribution is 5.92. The van der Waals surface area contributed by atoms with Gasteiger partial charge in [-0.2, -0.15) is 13.2 Å². The van der Waals surface area contributed by atoms with Crippen molar-refractivity contribution in [3.8, 4) is 5.75 Å². The first-order chi connectivity index (χ1) is 19.7. The Kier molecular flexibility index (Phi) is 8.44. The molecule has 1 amide bonds. The summed E-state index contributed by atoms with van der Waals surface area (Å²) in [5.74, 6) is 0.518. The van der Waals surface area contributed by atoms with Crippen molar-refractivity contribution in [2.24, 2.45) is 0 Å². The number of nitrogens with one attached hydrogen (secondary N) is 2. The lowest BCUT2D eigenvalue weighted by Gasteiger charge is -2.27. The van der Waals surface area contributed by atoms with Crippen LogP contribution < -0.4 is 15.4 Å². The first kappa shape index (κ1) is 28.4. The lowest BCUT2D eigenvalue weighted by atomic mass is 10.0. The second kappa shape index (κ2) is 12.2. The van der Waals surface area contributed by atoms with Gasteiger partial charge in [0.2, 0.25) is 5.91 Å². The predicted molar refractivity (Wildman–Crippen MR) is 154 cm³/mol. The summed E-state index contributed by atoms with van der Waals surface area (Å²) in [6.07, 6.45) is -1.98. The second-order valence-corrected chi connectivity index (χ2v) is 10.4. The fourth-order valence-corrected chi connectivity index (χ4v) is 5.46. The third-order valence-electron chi connectivity index (χ3n) is 7.45. The quantitative estimate of drug-likeness (QED) is 0.229. The van der Waals surface area contributed by atoms with E-state index in [-0.39, 0.29) is 17.5 Å². The Bertz CT molecular complexity index is 1500. The van der Waals surface area contributed by atoms with E-state index in [9.17, 15) is 18.0 Å². The molecule has 2 heterocycles. The number of carbonyl (C=O) groups excluding carboxylic acids is 1. The lowest BCUT2D eigenvalue weighted by Crippen LogP contribution is -2.34. The van der Waals surface area contributed by atoms with E-state index >= 15 is 0 Å².